The van der Waals surface area contributed by atoms with Crippen LogP contribution >= 0.6 is 0 Å². The van der Waals surface area contributed by atoms with Gasteiger partial charge in [0.15, 0.2) is 0 Å². The molecule has 1 aromatic carbocycles. The lowest BCUT2D eigenvalue weighted by molar-refractivity contribution is -0.149. The lowest BCUT2D eigenvalue weighted by Crippen LogP contribution is -2.61. The van der Waals surface area contributed by atoms with Gasteiger partial charge in [0.1, 0.15) is 12.1 Å². The highest BCUT2D eigenvalue weighted by Crippen LogP contribution is 2.29. The molecule has 0 aromatic heterocycles. The molecule has 10 atom stereocenters. The monoisotopic (exact) mass is 747 g/mol. The minimum Gasteiger partial charge on any atom is -0.480 e. The van der Waals surface area contributed by atoms with Crippen molar-refractivity contribution in [2.75, 3.05) is 41.9 Å². The van der Waals surface area contributed by atoms with Crippen molar-refractivity contribution in [3.8, 4) is 0 Å². The molecule has 1 saturated heterocycles. The molecule has 14 heteroatoms. The van der Waals surface area contributed by atoms with Crippen molar-refractivity contribution in [1.29, 1.82) is 0 Å². The molecule has 1 aliphatic heterocycles. The second-order valence-electron chi connectivity index (χ2n) is 15.1. The number of amides is 4. The molecule has 1 fully saturated rings. The maximum atomic E-state index is 14.1. The summed E-state index contributed by atoms with van der Waals surface area (Å²) in [7, 11) is 8.14. The summed E-state index contributed by atoms with van der Waals surface area (Å²) in [5.74, 6) is -3.70. The molecule has 1 heterocycles. The molecule has 53 heavy (non-hydrogen) atoms. The molecule has 0 radical (unpaired) electrons. The molecule has 300 valence electrons. The fourth-order valence-corrected chi connectivity index (χ4v) is 7.64. The molecule has 0 spiro atoms. The highest BCUT2D eigenvalue weighted by Gasteiger charge is 2.43. The summed E-state index contributed by atoms with van der Waals surface area (Å²) < 4.78 is 11.8. The maximum absolute atomic E-state index is 14.1. The third-order valence-electron chi connectivity index (χ3n) is 10.7. The van der Waals surface area contributed by atoms with Crippen molar-refractivity contribution in [3.63, 3.8) is 0 Å². The van der Waals surface area contributed by atoms with Crippen molar-refractivity contribution in [3.05, 3.63) is 35.9 Å². The van der Waals surface area contributed by atoms with Crippen LogP contribution in [0.15, 0.2) is 30.3 Å². The number of aliphatic carboxylic acids is 1. The molecular formula is C39H65N5O9. The highest BCUT2D eigenvalue weighted by atomic mass is 16.5. The zero-order valence-electron chi connectivity index (χ0n) is 33.6. The van der Waals surface area contributed by atoms with E-state index in [1.807, 2.05) is 45.9 Å². The number of likely N-dealkylation sites (N-methyl/N-ethyl adjacent to an activating group) is 2. The van der Waals surface area contributed by atoms with E-state index in [2.05, 4.69) is 10.6 Å². The quantitative estimate of drug-likeness (QED) is 0.146. The van der Waals surface area contributed by atoms with Crippen molar-refractivity contribution in [1.82, 2.24) is 25.3 Å². The standard InChI is InChI=1S/C39H65N5O9/c1-12-24(4)34(43(9)38(49)32(26(6)45)41-37(48)33(23(2)3)42(7)8)30(52-10)22-31(46)44-20-16-19-29(44)35(53-11)25(5)36(47)40-28(39(50)51)21-27-17-14-13-15-18-27/h13-15,17-18,23-26,28-30,32-35,45H,12,16,19-22H2,1-11H3,(H,40,47)(H,41,48)(H,50,51)/t24-,25+,26+,28-,29-,30+,32-,33-,34-,35+/m0/s1. The summed E-state index contributed by atoms with van der Waals surface area (Å²) in [6, 6.07) is 5.13. The van der Waals surface area contributed by atoms with Crippen LogP contribution in [-0.4, -0.2) is 145 Å². The summed E-state index contributed by atoms with van der Waals surface area (Å²) in [5, 5.41) is 26.0. The number of hydrogen-bond acceptors (Lipinski definition) is 9. The van der Waals surface area contributed by atoms with Gasteiger partial charge in [0.2, 0.25) is 23.6 Å². The average Bonchev–Trinajstić information content (AvgIpc) is 3.59. The van der Waals surface area contributed by atoms with Crippen molar-refractivity contribution in [2.45, 2.75) is 122 Å². The number of nitrogens with zero attached hydrogens (tertiary/aromatic N) is 3. The van der Waals surface area contributed by atoms with E-state index < -0.39 is 72.2 Å². The van der Waals surface area contributed by atoms with E-state index in [1.54, 1.807) is 50.0 Å². The van der Waals surface area contributed by atoms with Gasteiger partial charge in [-0.1, -0.05) is 71.4 Å². The number of likely N-dealkylation sites (tertiary alicyclic amines) is 1. The van der Waals surface area contributed by atoms with Crippen molar-refractivity contribution >= 4 is 29.6 Å². The van der Waals surface area contributed by atoms with Gasteiger partial charge >= 0.3 is 5.97 Å². The third kappa shape index (κ3) is 12.2. The van der Waals surface area contributed by atoms with Gasteiger partial charge in [-0.25, -0.2) is 4.79 Å². The smallest absolute Gasteiger partial charge is 0.326 e. The predicted molar refractivity (Wildman–Crippen MR) is 202 cm³/mol. The summed E-state index contributed by atoms with van der Waals surface area (Å²) in [6.45, 7) is 11.3. The first kappa shape index (κ1) is 45.6. The molecule has 1 aromatic rings. The molecule has 1 aliphatic rings. The van der Waals surface area contributed by atoms with Crippen LogP contribution < -0.4 is 10.6 Å². The number of ether oxygens (including phenoxy) is 2. The number of carbonyl (C=O) groups excluding carboxylic acids is 4. The van der Waals surface area contributed by atoms with Crippen LogP contribution in [0.5, 0.6) is 0 Å². The average molecular weight is 748 g/mol. The number of carboxylic acids is 1. The third-order valence-corrected chi connectivity index (χ3v) is 10.7. The Bertz CT molecular complexity index is 1340. The first-order valence-corrected chi connectivity index (χ1v) is 18.7. The van der Waals surface area contributed by atoms with Crippen LogP contribution in [-0.2, 0) is 39.9 Å². The van der Waals surface area contributed by atoms with E-state index in [4.69, 9.17) is 9.47 Å². The van der Waals surface area contributed by atoms with Gasteiger partial charge in [-0.3, -0.25) is 24.1 Å². The number of aliphatic hydroxyl groups is 1. The molecule has 4 N–H and O–H groups in total. The second-order valence-corrected chi connectivity index (χ2v) is 15.1. The topological polar surface area (TPSA) is 178 Å². The Labute approximate surface area is 315 Å². The number of carboxylic acid groups (broad SMARTS) is 1. The minimum atomic E-state index is -1.22. The fraction of sp³-hybridized carbons (Fsp3) is 0.718. The van der Waals surface area contributed by atoms with E-state index in [-0.39, 0.29) is 36.5 Å². The number of rotatable bonds is 21. The first-order valence-electron chi connectivity index (χ1n) is 18.7. The van der Waals surface area contributed by atoms with E-state index in [9.17, 15) is 34.2 Å². The van der Waals surface area contributed by atoms with Crippen molar-refractivity contribution < 1.29 is 43.7 Å². The van der Waals surface area contributed by atoms with E-state index in [0.29, 0.717) is 25.8 Å². The Morgan fingerprint density at radius 3 is 2.06 bits per heavy atom. The summed E-state index contributed by atoms with van der Waals surface area (Å²) in [4.78, 5) is 71.9. The number of benzene rings is 1. The van der Waals surface area contributed by atoms with Gasteiger partial charge in [0.25, 0.3) is 0 Å². The van der Waals surface area contributed by atoms with Gasteiger partial charge in [0.05, 0.1) is 48.8 Å². The number of carbonyl (C=O) groups is 5. The molecular weight excluding hydrogens is 682 g/mol. The Morgan fingerprint density at radius 2 is 1.57 bits per heavy atom. The lowest BCUT2D eigenvalue weighted by Gasteiger charge is -2.41. The molecule has 2 rings (SSSR count). The van der Waals surface area contributed by atoms with Crippen LogP contribution in [0.4, 0.5) is 0 Å². The van der Waals surface area contributed by atoms with Crippen LogP contribution in [0.3, 0.4) is 0 Å². The zero-order chi connectivity index (χ0) is 40.2. The molecule has 0 aliphatic carbocycles. The molecule has 4 amide bonds. The maximum Gasteiger partial charge on any atom is 0.326 e. The summed E-state index contributed by atoms with van der Waals surface area (Å²) >= 11 is 0. The molecule has 0 bridgehead atoms. The number of hydrogen-bond donors (Lipinski definition) is 4. The van der Waals surface area contributed by atoms with Crippen LogP contribution in [0, 0.1) is 17.8 Å². The van der Waals surface area contributed by atoms with Crippen molar-refractivity contribution in [2.24, 2.45) is 17.8 Å². The molecule has 0 unspecified atom stereocenters. The first-order chi connectivity index (χ1) is 24.9. The summed E-state index contributed by atoms with van der Waals surface area (Å²) in [6.07, 6.45) is -0.675. The van der Waals surface area contributed by atoms with Crippen LogP contribution in [0.2, 0.25) is 0 Å². The van der Waals surface area contributed by atoms with Gasteiger partial charge in [0, 0.05) is 34.2 Å². The number of methoxy groups -OCH3 is 2. The lowest BCUT2D eigenvalue weighted by atomic mass is 9.89. The number of aliphatic hydroxyl groups excluding tert-OH is 1. The van der Waals surface area contributed by atoms with Crippen LogP contribution in [0.1, 0.15) is 72.8 Å². The second kappa shape index (κ2) is 21.3. The van der Waals surface area contributed by atoms with E-state index in [0.717, 1.165) is 5.56 Å². The Kier molecular flexibility index (Phi) is 18.3. The van der Waals surface area contributed by atoms with Gasteiger partial charge < -0.3 is 40.1 Å². The SMILES string of the molecule is CC[C@H](C)[C@@H]([C@@H](CC(=O)N1CCC[C@H]1[C@H](OC)[C@@H](C)C(=O)N[C@@H](Cc1ccccc1)C(=O)O)OC)N(C)C(=O)[C@@H](NC(=O)[C@H](C(C)C)N(C)C)[C@@H](C)O. The van der Waals surface area contributed by atoms with Gasteiger partial charge in [-0.05, 0) is 51.3 Å². The minimum absolute atomic E-state index is 0.0463. The van der Waals surface area contributed by atoms with Gasteiger partial charge in [-0.15, -0.1) is 0 Å². The van der Waals surface area contributed by atoms with E-state index in [1.165, 1.54) is 26.0 Å². The summed E-state index contributed by atoms with van der Waals surface area (Å²) in [5.41, 5.74) is 0.773. The predicted octanol–water partition coefficient (Wildman–Crippen LogP) is 2.17. The highest BCUT2D eigenvalue weighted by molar-refractivity contribution is 5.90. The van der Waals surface area contributed by atoms with E-state index >= 15 is 0 Å². The Balaban J connectivity index is 2.27. The Morgan fingerprint density at radius 1 is 0.943 bits per heavy atom. The van der Waals surface area contributed by atoms with Gasteiger partial charge in [-0.2, -0.15) is 0 Å². The zero-order valence-corrected chi connectivity index (χ0v) is 33.6. The fourth-order valence-electron chi connectivity index (χ4n) is 7.64. The number of nitrogens with one attached hydrogen (secondary N) is 2. The normalized spacial score (nSPS) is 19.7. The Hall–Kier alpha value is -3.59. The molecule has 0 saturated carbocycles. The molecule has 14 nitrogen and oxygen atoms in total. The largest absolute Gasteiger partial charge is 0.480 e. The van der Waals surface area contributed by atoms with Crippen LogP contribution in [0.25, 0.3) is 0 Å².